The molecule has 4 rings (SSSR count). The minimum absolute atomic E-state index is 0.514. The standard InChI is InChI=1S/C22H30N6/c1-18-23-12-16-28(18)17-21-24-25-22(26(21)2)20-10-14-27(15-11-20)13-6-9-19-7-4-3-5-8-19/h3-5,7-8,12,16,20H,6,9-11,13-15,17H2,1-2H3. The summed E-state index contributed by atoms with van der Waals surface area (Å²) in [7, 11) is 2.10. The number of imidazole rings is 1. The first kappa shape index (κ1) is 18.9. The zero-order chi connectivity index (χ0) is 19.3. The topological polar surface area (TPSA) is 51.8 Å². The third kappa shape index (κ3) is 4.33. The van der Waals surface area contributed by atoms with E-state index in [0.29, 0.717) is 5.92 Å². The van der Waals surface area contributed by atoms with Crippen LogP contribution in [-0.2, 0) is 20.0 Å². The molecule has 3 aromatic rings. The Balaban J connectivity index is 1.27. The molecular weight excluding hydrogens is 348 g/mol. The maximum absolute atomic E-state index is 4.54. The zero-order valence-electron chi connectivity index (χ0n) is 17.0. The van der Waals surface area contributed by atoms with E-state index in [-0.39, 0.29) is 0 Å². The molecule has 3 heterocycles. The molecule has 0 spiro atoms. The summed E-state index contributed by atoms with van der Waals surface area (Å²) in [5.41, 5.74) is 1.44. The summed E-state index contributed by atoms with van der Waals surface area (Å²) in [5.74, 6) is 3.66. The summed E-state index contributed by atoms with van der Waals surface area (Å²) in [6, 6.07) is 10.8. The van der Waals surface area contributed by atoms with Crippen LogP contribution in [0.5, 0.6) is 0 Å². The van der Waals surface area contributed by atoms with Gasteiger partial charge < -0.3 is 14.0 Å². The van der Waals surface area contributed by atoms with Gasteiger partial charge in [-0.05, 0) is 57.8 Å². The highest BCUT2D eigenvalue weighted by atomic mass is 15.3. The van der Waals surface area contributed by atoms with Gasteiger partial charge in [-0.25, -0.2) is 4.98 Å². The molecule has 0 aliphatic carbocycles. The van der Waals surface area contributed by atoms with Crippen molar-refractivity contribution in [3.8, 4) is 0 Å². The number of piperidine rings is 1. The van der Waals surface area contributed by atoms with Crippen LogP contribution in [0.2, 0.25) is 0 Å². The quantitative estimate of drug-likeness (QED) is 0.634. The highest BCUT2D eigenvalue weighted by molar-refractivity contribution is 5.14. The molecule has 0 radical (unpaired) electrons. The smallest absolute Gasteiger partial charge is 0.152 e. The van der Waals surface area contributed by atoms with Gasteiger partial charge in [0, 0.05) is 25.4 Å². The summed E-state index contributed by atoms with van der Waals surface area (Å²) in [5, 5.41) is 9.00. The lowest BCUT2D eigenvalue weighted by molar-refractivity contribution is 0.206. The van der Waals surface area contributed by atoms with E-state index in [1.807, 2.05) is 19.3 Å². The molecule has 1 fully saturated rings. The molecule has 6 heteroatoms. The summed E-state index contributed by atoms with van der Waals surface area (Å²) in [6.45, 7) is 6.24. The number of hydrogen-bond donors (Lipinski definition) is 0. The maximum Gasteiger partial charge on any atom is 0.152 e. The normalized spacial score (nSPS) is 15.9. The van der Waals surface area contributed by atoms with Gasteiger partial charge in [-0.2, -0.15) is 0 Å². The van der Waals surface area contributed by atoms with E-state index in [2.05, 4.69) is 66.6 Å². The van der Waals surface area contributed by atoms with Gasteiger partial charge >= 0.3 is 0 Å². The van der Waals surface area contributed by atoms with Crippen molar-refractivity contribution >= 4 is 0 Å². The van der Waals surface area contributed by atoms with Gasteiger partial charge in [-0.15, -0.1) is 10.2 Å². The molecule has 0 amide bonds. The van der Waals surface area contributed by atoms with Gasteiger partial charge in [0.05, 0.1) is 6.54 Å². The highest BCUT2D eigenvalue weighted by Gasteiger charge is 2.25. The Morgan fingerprint density at radius 2 is 1.86 bits per heavy atom. The molecule has 2 aromatic heterocycles. The van der Waals surface area contributed by atoms with Crippen molar-refractivity contribution in [2.75, 3.05) is 19.6 Å². The first-order chi connectivity index (χ1) is 13.7. The number of hydrogen-bond acceptors (Lipinski definition) is 4. The van der Waals surface area contributed by atoms with Gasteiger partial charge in [-0.3, -0.25) is 0 Å². The Kier molecular flexibility index (Phi) is 5.86. The lowest BCUT2D eigenvalue weighted by Gasteiger charge is -2.31. The second kappa shape index (κ2) is 8.69. The Labute approximate surface area is 167 Å². The minimum atomic E-state index is 0.514. The SMILES string of the molecule is Cc1nccn1Cc1nnc(C2CCN(CCCc3ccccc3)CC2)n1C. The average Bonchev–Trinajstić information content (AvgIpc) is 3.29. The average molecular weight is 379 g/mol. The van der Waals surface area contributed by atoms with E-state index < -0.39 is 0 Å². The highest BCUT2D eigenvalue weighted by Crippen LogP contribution is 2.27. The minimum Gasteiger partial charge on any atom is -0.328 e. The van der Waals surface area contributed by atoms with Crippen LogP contribution >= 0.6 is 0 Å². The second-order valence-corrected chi connectivity index (χ2v) is 7.84. The van der Waals surface area contributed by atoms with Crippen molar-refractivity contribution in [3.05, 3.63) is 65.8 Å². The molecule has 0 unspecified atom stereocenters. The summed E-state index contributed by atoms with van der Waals surface area (Å²) >= 11 is 0. The maximum atomic E-state index is 4.54. The second-order valence-electron chi connectivity index (χ2n) is 7.84. The number of nitrogens with zero attached hydrogens (tertiary/aromatic N) is 6. The zero-order valence-corrected chi connectivity index (χ0v) is 17.0. The number of aryl methyl sites for hydroxylation is 2. The Morgan fingerprint density at radius 3 is 2.57 bits per heavy atom. The van der Waals surface area contributed by atoms with Crippen molar-refractivity contribution in [2.24, 2.45) is 7.05 Å². The van der Waals surface area contributed by atoms with Crippen LogP contribution in [0.25, 0.3) is 0 Å². The van der Waals surface area contributed by atoms with Crippen molar-refractivity contribution in [1.29, 1.82) is 0 Å². The van der Waals surface area contributed by atoms with Gasteiger partial charge in [0.2, 0.25) is 0 Å². The third-order valence-corrected chi connectivity index (χ3v) is 5.97. The van der Waals surface area contributed by atoms with Crippen LogP contribution in [0, 0.1) is 6.92 Å². The van der Waals surface area contributed by atoms with E-state index in [9.17, 15) is 0 Å². The fourth-order valence-corrected chi connectivity index (χ4v) is 4.16. The van der Waals surface area contributed by atoms with Crippen LogP contribution < -0.4 is 0 Å². The molecule has 0 N–H and O–H groups in total. The first-order valence-corrected chi connectivity index (χ1v) is 10.3. The predicted octanol–water partition coefficient (Wildman–Crippen LogP) is 3.18. The lowest BCUT2D eigenvalue weighted by Crippen LogP contribution is -2.34. The molecule has 0 atom stereocenters. The molecule has 1 saturated heterocycles. The van der Waals surface area contributed by atoms with Crippen LogP contribution in [0.1, 0.15) is 48.2 Å². The van der Waals surface area contributed by atoms with E-state index in [4.69, 9.17) is 0 Å². The molecule has 1 aliphatic heterocycles. The number of aromatic nitrogens is 5. The molecule has 0 bridgehead atoms. The van der Waals surface area contributed by atoms with Crippen molar-refractivity contribution < 1.29 is 0 Å². The fraction of sp³-hybridized carbons (Fsp3) is 0.500. The Morgan fingerprint density at radius 1 is 1.07 bits per heavy atom. The van der Waals surface area contributed by atoms with Gasteiger partial charge in [-0.1, -0.05) is 30.3 Å². The van der Waals surface area contributed by atoms with Crippen molar-refractivity contribution in [1.82, 2.24) is 29.2 Å². The van der Waals surface area contributed by atoms with Crippen LogP contribution in [0.3, 0.4) is 0 Å². The van der Waals surface area contributed by atoms with Gasteiger partial charge in [0.1, 0.15) is 11.6 Å². The molecule has 0 saturated carbocycles. The number of benzene rings is 1. The molecule has 1 aromatic carbocycles. The van der Waals surface area contributed by atoms with E-state index in [1.54, 1.807) is 0 Å². The van der Waals surface area contributed by atoms with Crippen molar-refractivity contribution in [2.45, 2.75) is 45.1 Å². The summed E-state index contributed by atoms with van der Waals surface area (Å²) in [4.78, 5) is 6.89. The summed E-state index contributed by atoms with van der Waals surface area (Å²) in [6.07, 6.45) is 8.56. The Hall–Kier alpha value is -2.47. The molecule has 28 heavy (non-hydrogen) atoms. The predicted molar refractivity (Wildman–Crippen MR) is 110 cm³/mol. The molecular formula is C22H30N6. The van der Waals surface area contributed by atoms with Crippen LogP contribution in [0.15, 0.2) is 42.7 Å². The number of rotatable bonds is 7. The largest absolute Gasteiger partial charge is 0.328 e. The first-order valence-electron chi connectivity index (χ1n) is 10.3. The van der Waals surface area contributed by atoms with Crippen LogP contribution in [0.4, 0.5) is 0 Å². The third-order valence-electron chi connectivity index (χ3n) is 5.97. The number of likely N-dealkylation sites (tertiary alicyclic amines) is 1. The molecule has 1 aliphatic rings. The van der Waals surface area contributed by atoms with E-state index in [1.165, 1.54) is 37.8 Å². The fourth-order valence-electron chi connectivity index (χ4n) is 4.16. The molecule has 6 nitrogen and oxygen atoms in total. The van der Waals surface area contributed by atoms with E-state index in [0.717, 1.165) is 37.1 Å². The van der Waals surface area contributed by atoms with Crippen molar-refractivity contribution in [3.63, 3.8) is 0 Å². The Bertz CT molecular complexity index is 874. The monoisotopic (exact) mass is 378 g/mol. The lowest BCUT2D eigenvalue weighted by atomic mass is 9.95. The van der Waals surface area contributed by atoms with Crippen LogP contribution in [-0.4, -0.2) is 48.8 Å². The van der Waals surface area contributed by atoms with E-state index >= 15 is 0 Å². The van der Waals surface area contributed by atoms with Gasteiger partial charge in [0.15, 0.2) is 5.82 Å². The molecule has 148 valence electrons. The van der Waals surface area contributed by atoms with Gasteiger partial charge in [0.25, 0.3) is 0 Å². The summed E-state index contributed by atoms with van der Waals surface area (Å²) < 4.78 is 4.30.